The van der Waals surface area contributed by atoms with Gasteiger partial charge in [0.25, 0.3) is 0 Å². The van der Waals surface area contributed by atoms with Crippen LogP contribution < -0.4 is 10.5 Å². The van der Waals surface area contributed by atoms with E-state index in [4.69, 9.17) is 22.7 Å². The fourth-order valence-corrected chi connectivity index (χ4v) is 4.39. The molecule has 0 spiro atoms. The highest BCUT2D eigenvalue weighted by Crippen LogP contribution is 2.36. The summed E-state index contributed by atoms with van der Waals surface area (Å²) in [7, 11) is 1.72. The third-order valence-electron chi connectivity index (χ3n) is 4.14. The van der Waals surface area contributed by atoms with E-state index in [1.54, 1.807) is 18.9 Å². The van der Waals surface area contributed by atoms with Gasteiger partial charge in [0.2, 0.25) is 0 Å². The molecule has 0 saturated carbocycles. The predicted octanol–water partition coefficient (Wildman–Crippen LogP) is 3.44. The molecule has 0 amide bonds. The molecule has 1 aromatic carbocycles. The van der Waals surface area contributed by atoms with Gasteiger partial charge in [-0.1, -0.05) is 28.1 Å². The Balaban J connectivity index is 2.04. The Morgan fingerprint density at radius 1 is 1.48 bits per heavy atom. The quantitative estimate of drug-likeness (QED) is 0.781. The summed E-state index contributed by atoms with van der Waals surface area (Å²) in [5, 5.41) is 0. The van der Waals surface area contributed by atoms with Crippen LogP contribution in [-0.2, 0) is 6.54 Å². The van der Waals surface area contributed by atoms with E-state index in [9.17, 15) is 0 Å². The normalized spacial score (nSPS) is 18.4. The maximum atomic E-state index is 5.94. The van der Waals surface area contributed by atoms with E-state index in [2.05, 4.69) is 33.2 Å². The van der Waals surface area contributed by atoms with Gasteiger partial charge in [0, 0.05) is 29.7 Å². The largest absolute Gasteiger partial charge is 0.496 e. The Morgan fingerprint density at radius 3 is 2.67 bits per heavy atom. The molecular formula is C15H21BrN2OS2. The predicted molar refractivity (Wildman–Crippen MR) is 98.2 cm³/mol. The summed E-state index contributed by atoms with van der Waals surface area (Å²) in [6, 6.07) is 6.14. The van der Waals surface area contributed by atoms with E-state index in [0.717, 1.165) is 42.7 Å². The number of nitrogens with zero attached hydrogens (tertiary/aromatic N) is 1. The first kappa shape index (κ1) is 17.1. The molecule has 1 fully saturated rings. The van der Waals surface area contributed by atoms with Gasteiger partial charge in [-0.15, -0.1) is 0 Å². The maximum absolute atomic E-state index is 5.94. The number of hydrogen-bond acceptors (Lipinski definition) is 4. The fourth-order valence-electron chi connectivity index (χ4n) is 2.74. The first-order valence-corrected chi connectivity index (χ1v) is 9.33. The lowest BCUT2D eigenvalue weighted by molar-refractivity contribution is 0.210. The molecule has 21 heavy (non-hydrogen) atoms. The number of ether oxygens (including phenoxy) is 1. The van der Waals surface area contributed by atoms with Crippen LogP contribution in [0, 0.1) is 0 Å². The molecule has 0 bridgehead atoms. The summed E-state index contributed by atoms with van der Waals surface area (Å²) in [5.74, 6) is 0.939. The minimum absolute atomic E-state index is 0.0206. The molecule has 1 heterocycles. The highest BCUT2D eigenvalue weighted by molar-refractivity contribution is 9.10. The van der Waals surface area contributed by atoms with Gasteiger partial charge in [0.15, 0.2) is 0 Å². The molecule has 0 aromatic heterocycles. The molecule has 1 saturated heterocycles. The fraction of sp³-hybridized carbons (Fsp3) is 0.533. The van der Waals surface area contributed by atoms with E-state index < -0.39 is 0 Å². The van der Waals surface area contributed by atoms with Gasteiger partial charge >= 0.3 is 0 Å². The molecule has 3 nitrogen and oxygen atoms in total. The molecule has 1 aromatic rings. The first-order chi connectivity index (χ1) is 10.0. The third kappa shape index (κ3) is 3.92. The zero-order chi connectivity index (χ0) is 15.5. The molecule has 1 aliphatic rings. The number of methoxy groups -OCH3 is 1. The summed E-state index contributed by atoms with van der Waals surface area (Å²) in [5.41, 5.74) is 7.15. The zero-order valence-electron chi connectivity index (χ0n) is 12.4. The van der Waals surface area contributed by atoms with Crippen LogP contribution in [0.3, 0.4) is 0 Å². The van der Waals surface area contributed by atoms with Crippen LogP contribution in [0.15, 0.2) is 22.7 Å². The van der Waals surface area contributed by atoms with Crippen molar-refractivity contribution in [3.05, 3.63) is 28.2 Å². The molecule has 116 valence electrons. The molecular weight excluding hydrogens is 368 g/mol. The average molecular weight is 389 g/mol. The Labute approximate surface area is 144 Å². The lowest BCUT2D eigenvalue weighted by Crippen LogP contribution is -2.48. The van der Waals surface area contributed by atoms with E-state index in [-0.39, 0.29) is 4.75 Å². The summed E-state index contributed by atoms with van der Waals surface area (Å²) < 4.78 is 6.51. The van der Waals surface area contributed by atoms with Crippen LogP contribution in [0.25, 0.3) is 0 Å². The number of rotatable bonds is 5. The van der Waals surface area contributed by atoms with Crippen LogP contribution in [0.1, 0.15) is 18.4 Å². The highest BCUT2D eigenvalue weighted by Gasteiger charge is 2.36. The summed E-state index contributed by atoms with van der Waals surface area (Å²) in [4.78, 5) is 3.09. The number of halogens is 1. The van der Waals surface area contributed by atoms with Crippen molar-refractivity contribution in [1.82, 2.24) is 4.90 Å². The minimum Gasteiger partial charge on any atom is -0.496 e. The monoisotopic (exact) mass is 388 g/mol. The van der Waals surface area contributed by atoms with Crippen molar-refractivity contribution in [1.29, 1.82) is 0 Å². The zero-order valence-corrected chi connectivity index (χ0v) is 15.6. The second-order valence-electron chi connectivity index (χ2n) is 5.29. The Kier molecular flexibility index (Phi) is 5.94. The Hall–Kier alpha value is -0.300. The van der Waals surface area contributed by atoms with Gasteiger partial charge in [-0.3, -0.25) is 4.90 Å². The summed E-state index contributed by atoms with van der Waals surface area (Å²) >= 11 is 10.6. The molecule has 6 heteroatoms. The van der Waals surface area contributed by atoms with E-state index in [1.165, 1.54) is 5.56 Å². The SMILES string of the molecule is COc1ccc(Br)cc1CN1CCC(SC)(C(N)=S)CC1. The number of thioether (sulfide) groups is 1. The van der Waals surface area contributed by atoms with Crippen molar-refractivity contribution in [2.45, 2.75) is 24.1 Å². The number of benzene rings is 1. The highest BCUT2D eigenvalue weighted by atomic mass is 79.9. The minimum atomic E-state index is -0.0206. The molecule has 0 unspecified atom stereocenters. The Bertz CT molecular complexity index is 516. The van der Waals surface area contributed by atoms with Gasteiger partial charge in [0.05, 0.1) is 16.8 Å². The van der Waals surface area contributed by atoms with Crippen LogP contribution in [-0.4, -0.2) is 41.1 Å². The van der Waals surface area contributed by atoms with Crippen molar-refractivity contribution in [2.75, 3.05) is 26.5 Å². The van der Waals surface area contributed by atoms with Crippen LogP contribution in [0.2, 0.25) is 0 Å². The number of thiocarbonyl (C=S) groups is 1. The standard InChI is InChI=1S/C15H21BrN2OS2/c1-19-13-4-3-12(16)9-11(13)10-18-7-5-15(21-2,6-8-18)14(17)20/h3-4,9H,5-8,10H2,1-2H3,(H2,17,20). The second-order valence-corrected chi connectivity index (χ2v) is 7.84. The maximum Gasteiger partial charge on any atom is 0.123 e. The smallest absolute Gasteiger partial charge is 0.123 e. The van der Waals surface area contributed by atoms with Crippen molar-refractivity contribution < 1.29 is 4.74 Å². The number of nitrogens with two attached hydrogens (primary N) is 1. The van der Waals surface area contributed by atoms with Crippen molar-refractivity contribution in [3.8, 4) is 5.75 Å². The molecule has 0 aliphatic carbocycles. The van der Waals surface area contributed by atoms with Crippen LogP contribution >= 0.6 is 39.9 Å². The topological polar surface area (TPSA) is 38.5 Å². The molecule has 1 aliphatic heterocycles. The van der Waals surface area contributed by atoms with Gasteiger partial charge < -0.3 is 10.5 Å². The van der Waals surface area contributed by atoms with Crippen molar-refractivity contribution in [2.24, 2.45) is 5.73 Å². The molecule has 0 atom stereocenters. The number of piperidine rings is 1. The van der Waals surface area contributed by atoms with Gasteiger partial charge in [-0.25, -0.2) is 0 Å². The van der Waals surface area contributed by atoms with Gasteiger partial charge in [-0.2, -0.15) is 11.8 Å². The lowest BCUT2D eigenvalue weighted by Gasteiger charge is -2.40. The van der Waals surface area contributed by atoms with E-state index in [1.807, 2.05) is 12.1 Å². The lowest BCUT2D eigenvalue weighted by atomic mass is 9.95. The van der Waals surface area contributed by atoms with E-state index in [0.29, 0.717) is 4.99 Å². The van der Waals surface area contributed by atoms with Crippen LogP contribution in [0.5, 0.6) is 5.75 Å². The third-order valence-corrected chi connectivity index (χ3v) is 6.56. The number of hydrogen-bond donors (Lipinski definition) is 1. The van der Waals surface area contributed by atoms with Gasteiger partial charge in [-0.05, 0) is 37.3 Å². The number of likely N-dealkylation sites (tertiary alicyclic amines) is 1. The average Bonchev–Trinajstić information content (AvgIpc) is 2.48. The van der Waals surface area contributed by atoms with Crippen molar-refractivity contribution in [3.63, 3.8) is 0 Å². The molecule has 0 radical (unpaired) electrons. The summed E-state index contributed by atoms with van der Waals surface area (Å²) in [6.45, 7) is 2.91. The molecule has 2 rings (SSSR count). The van der Waals surface area contributed by atoms with E-state index >= 15 is 0 Å². The van der Waals surface area contributed by atoms with Gasteiger partial charge in [0.1, 0.15) is 5.75 Å². The van der Waals surface area contributed by atoms with Crippen molar-refractivity contribution >= 4 is 44.9 Å². The summed E-state index contributed by atoms with van der Waals surface area (Å²) in [6.07, 6.45) is 4.13. The van der Waals surface area contributed by atoms with Crippen LogP contribution in [0.4, 0.5) is 0 Å². The Morgan fingerprint density at radius 2 is 2.14 bits per heavy atom. The first-order valence-electron chi connectivity index (χ1n) is 6.90. The molecule has 2 N–H and O–H groups in total. The second kappa shape index (κ2) is 7.31.